The largest absolute Gasteiger partial charge is 0.453 e. The lowest BCUT2D eigenvalue weighted by Crippen LogP contribution is -2.20. The van der Waals surface area contributed by atoms with E-state index in [0.717, 1.165) is 62.6 Å². The minimum Gasteiger partial charge on any atom is -0.453 e. The van der Waals surface area contributed by atoms with Gasteiger partial charge in [-0.2, -0.15) is 0 Å². The van der Waals surface area contributed by atoms with Crippen LogP contribution < -0.4 is 19.3 Å². The number of ether oxygens (including phenoxy) is 2. The lowest BCUT2D eigenvalue weighted by atomic mass is 10.1. The van der Waals surface area contributed by atoms with Gasteiger partial charge in [0, 0.05) is 11.1 Å². The number of aromatic nitrogens is 4. The molecule has 8 heteroatoms. The van der Waals surface area contributed by atoms with Gasteiger partial charge in [0.2, 0.25) is 0 Å². The van der Waals surface area contributed by atoms with Gasteiger partial charge < -0.3 is 14.4 Å². The van der Waals surface area contributed by atoms with Crippen LogP contribution in [0.1, 0.15) is 0 Å². The second kappa shape index (κ2) is 12.2. The first-order valence-electron chi connectivity index (χ1n) is 17.0. The van der Waals surface area contributed by atoms with Crippen LogP contribution in [0, 0.1) is 0 Å². The van der Waals surface area contributed by atoms with Gasteiger partial charge in [-0.3, -0.25) is 4.90 Å². The maximum Gasteiger partial charge on any atom is 0.167 e. The van der Waals surface area contributed by atoms with Gasteiger partial charge in [-0.25, -0.2) is 19.9 Å². The summed E-state index contributed by atoms with van der Waals surface area (Å²) in [6.45, 7) is 0. The van der Waals surface area contributed by atoms with E-state index in [2.05, 4.69) is 28.0 Å². The SMILES string of the molecule is c1ccc(-c2nc(-c3ccccc3)nc(-c3cc(N4c5ccccc5Oc5ccccc54)cnc3N3c4ccccc4Oc4ccccc43)n2)cc1. The fourth-order valence-electron chi connectivity index (χ4n) is 6.76. The Kier molecular flexibility index (Phi) is 6.95. The molecule has 0 N–H and O–H groups in total. The summed E-state index contributed by atoms with van der Waals surface area (Å²) >= 11 is 0. The van der Waals surface area contributed by atoms with E-state index < -0.39 is 0 Å². The van der Waals surface area contributed by atoms with E-state index in [1.54, 1.807) is 0 Å². The van der Waals surface area contributed by atoms with Crippen molar-refractivity contribution in [2.24, 2.45) is 0 Å². The second-order valence-corrected chi connectivity index (χ2v) is 12.3. The number of nitrogens with zero attached hydrogens (tertiary/aromatic N) is 6. The van der Waals surface area contributed by atoms with Crippen molar-refractivity contribution in [2.75, 3.05) is 9.80 Å². The minimum absolute atomic E-state index is 0.480. The molecule has 4 heterocycles. The number of pyridine rings is 1. The van der Waals surface area contributed by atoms with Gasteiger partial charge in [0.05, 0.1) is 40.2 Å². The molecule has 0 saturated carbocycles. The zero-order chi connectivity index (χ0) is 34.4. The Balaban J connectivity index is 1.26. The maximum atomic E-state index is 6.39. The fourth-order valence-corrected chi connectivity index (χ4v) is 6.76. The van der Waals surface area contributed by atoms with Crippen LogP contribution in [0.2, 0.25) is 0 Å². The molecule has 52 heavy (non-hydrogen) atoms. The Hall–Kier alpha value is -7.32. The molecule has 0 fully saturated rings. The number of benzene rings is 6. The van der Waals surface area contributed by atoms with E-state index in [-0.39, 0.29) is 0 Å². The smallest absolute Gasteiger partial charge is 0.167 e. The van der Waals surface area contributed by atoms with Crippen LogP contribution >= 0.6 is 0 Å². The topological polar surface area (TPSA) is 76.5 Å². The van der Waals surface area contributed by atoms with E-state index in [9.17, 15) is 0 Å². The lowest BCUT2D eigenvalue weighted by Gasteiger charge is -2.35. The lowest BCUT2D eigenvalue weighted by molar-refractivity contribution is 0.476. The van der Waals surface area contributed by atoms with Crippen molar-refractivity contribution in [1.29, 1.82) is 0 Å². The Labute approximate surface area is 299 Å². The van der Waals surface area contributed by atoms with Gasteiger partial charge in [0.15, 0.2) is 40.5 Å². The molecule has 6 aromatic carbocycles. The van der Waals surface area contributed by atoms with E-state index in [1.807, 2.05) is 152 Å². The van der Waals surface area contributed by atoms with Gasteiger partial charge in [0.25, 0.3) is 0 Å². The van der Waals surface area contributed by atoms with Gasteiger partial charge in [0.1, 0.15) is 5.82 Å². The predicted octanol–water partition coefficient (Wildman–Crippen LogP) is 11.4. The van der Waals surface area contributed by atoms with Crippen LogP contribution in [-0.4, -0.2) is 19.9 Å². The van der Waals surface area contributed by atoms with Gasteiger partial charge >= 0.3 is 0 Å². The standard InChI is InChI=1S/C44H28N6O2/c1-3-15-29(16-4-1)41-46-42(30-17-5-2-6-18-30)48-43(47-41)32-27-31(49-33-19-7-11-23-37(33)51-38-24-12-8-20-34(38)49)28-45-44(32)50-35-21-9-13-25-39(35)52-40-26-14-10-22-36(40)50/h1-28H. The van der Waals surface area contributed by atoms with Gasteiger partial charge in [-0.05, 0) is 54.6 Å². The van der Waals surface area contributed by atoms with E-state index in [4.69, 9.17) is 29.4 Å². The van der Waals surface area contributed by atoms with E-state index >= 15 is 0 Å². The molecule has 0 bridgehead atoms. The highest BCUT2D eigenvalue weighted by atomic mass is 16.5. The summed E-state index contributed by atoms with van der Waals surface area (Å²) in [6.07, 6.45) is 1.90. The normalized spacial score (nSPS) is 12.5. The minimum atomic E-state index is 0.480. The predicted molar refractivity (Wildman–Crippen MR) is 203 cm³/mol. The summed E-state index contributed by atoms with van der Waals surface area (Å²) < 4.78 is 12.7. The number of para-hydroxylation sites is 8. The number of fused-ring (bicyclic) bond motifs is 4. The zero-order valence-electron chi connectivity index (χ0n) is 27.7. The fraction of sp³-hybridized carbons (Fsp3) is 0. The molecular formula is C44H28N6O2. The monoisotopic (exact) mass is 672 g/mol. The first kappa shape index (κ1) is 29.6. The first-order valence-corrected chi connectivity index (χ1v) is 17.0. The van der Waals surface area contributed by atoms with Gasteiger partial charge in [-0.1, -0.05) is 109 Å². The molecular weight excluding hydrogens is 645 g/mol. The van der Waals surface area contributed by atoms with Crippen LogP contribution in [0.4, 0.5) is 34.3 Å². The zero-order valence-corrected chi connectivity index (χ0v) is 27.7. The number of hydrogen-bond donors (Lipinski definition) is 0. The molecule has 2 aliphatic heterocycles. The highest BCUT2D eigenvalue weighted by molar-refractivity contribution is 5.93. The van der Waals surface area contributed by atoms with E-state index in [0.29, 0.717) is 28.9 Å². The molecule has 2 aromatic heterocycles. The molecule has 0 spiro atoms. The second-order valence-electron chi connectivity index (χ2n) is 12.3. The van der Waals surface area contributed by atoms with Crippen molar-refractivity contribution in [3.05, 3.63) is 170 Å². The third kappa shape index (κ3) is 5.01. The maximum absolute atomic E-state index is 6.39. The number of hydrogen-bond acceptors (Lipinski definition) is 8. The molecule has 0 unspecified atom stereocenters. The number of anilines is 6. The molecule has 0 amide bonds. The Morgan fingerprint density at radius 1 is 0.385 bits per heavy atom. The van der Waals surface area contributed by atoms with Crippen molar-refractivity contribution in [3.8, 4) is 57.2 Å². The van der Waals surface area contributed by atoms with Crippen LogP contribution in [0.15, 0.2) is 170 Å². The molecule has 8 nitrogen and oxygen atoms in total. The number of rotatable bonds is 5. The highest BCUT2D eigenvalue weighted by Gasteiger charge is 2.32. The third-order valence-corrected chi connectivity index (χ3v) is 9.13. The Bertz CT molecular complexity index is 2470. The Morgan fingerprint density at radius 2 is 0.769 bits per heavy atom. The third-order valence-electron chi connectivity index (χ3n) is 9.13. The first-order chi connectivity index (χ1) is 25.8. The van der Waals surface area contributed by atoms with E-state index in [1.165, 1.54) is 0 Å². The molecule has 0 saturated heterocycles. The molecule has 8 aromatic rings. The molecule has 246 valence electrons. The van der Waals surface area contributed by atoms with Crippen LogP contribution in [0.3, 0.4) is 0 Å². The summed E-state index contributed by atoms with van der Waals surface area (Å²) in [5, 5.41) is 0. The molecule has 0 aliphatic carbocycles. The van der Waals surface area contributed by atoms with Crippen molar-refractivity contribution in [2.45, 2.75) is 0 Å². The summed E-state index contributed by atoms with van der Waals surface area (Å²) in [7, 11) is 0. The van der Waals surface area contributed by atoms with Crippen molar-refractivity contribution < 1.29 is 9.47 Å². The molecule has 2 aliphatic rings. The highest BCUT2D eigenvalue weighted by Crippen LogP contribution is 2.54. The summed E-state index contributed by atoms with van der Waals surface area (Å²) in [5.74, 6) is 5.19. The summed E-state index contributed by atoms with van der Waals surface area (Å²) in [5.41, 5.74) is 6.79. The van der Waals surface area contributed by atoms with Gasteiger partial charge in [-0.15, -0.1) is 0 Å². The molecule has 0 atom stereocenters. The van der Waals surface area contributed by atoms with Crippen LogP contribution in [0.25, 0.3) is 34.2 Å². The Morgan fingerprint density at radius 3 is 1.23 bits per heavy atom. The summed E-state index contributed by atoms with van der Waals surface area (Å²) in [6, 6.07) is 54.1. The van der Waals surface area contributed by atoms with Crippen molar-refractivity contribution in [3.63, 3.8) is 0 Å². The average molecular weight is 673 g/mol. The average Bonchev–Trinajstić information content (AvgIpc) is 3.22. The van der Waals surface area contributed by atoms with Crippen molar-refractivity contribution in [1.82, 2.24) is 19.9 Å². The van der Waals surface area contributed by atoms with Crippen LogP contribution in [0.5, 0.6) is 23.0 Å². The molecule has 10 rings (SSSR count). The quantitative estimate of drug-likeness (QED) is 0.179. The summed E-state index contributed by atoms with van der Waals surface area (Å²) in [4.78, 5) is 24.9. The molecule has 0 radical (unpaired) electrons. The van der Waals surface area contributed by atoms with Crippen molar-refractivity contribution >= 4 is 34.3 Å². The van der Waals surface area contributed by atoms with Crippen LogP contribution in [-0.2, 0) is 0 Å².